The summed E-state index contributed by atoms with van der Waals surface area (Å²) in [5, 5.41) is 7.38. The van der Waals surface area contributed by atoms with Crippen LogP contribution in [0, 0.1) is 5.41 Å². The van der Waals surface area contributed by atoms with Crippen molar-refractivity contribution >= 4 is 5.84 Å². The SMILES string of the molecule is N=C(N)CCN(CC1CCC2(CCCC2)O1)C1CC1. The second kappa shape index (κ2) is 5.41. The Balaban J connectivity index is 1.50. The van der Waals surface area contributed by atoms with Crippen LogP contribution in [0.1, 0.15) is 57.8 Å². The zero-order chi connectivity index (χ0) is 13.3. The number of nitrogens with one attached hydrogen (secondary N) is 1. The number of amidine groups is 1. The van der Waals surface area contributed by atoms with E-state index >= 15 is 0 Å². The first kappa shape index (κ1) is 13.4. The maximum atomic E-state index is 7.38. The molecule has 2 aliphatic carbocycles. The van der Waals surface area contributed by atoms with Crippen LogP contribution >= 0.6 is 0 Å². The van der Waals surface area contributed by atoms with Crippen molar-refractivity contribution in [1.82, 2.24) is 4.90 Å². The molecule has 2 saturated carbocycles. The van der Waals surface area contributed by atoms with Crippen LogP contribution in [0.3, 0.4) is 0 Å². The molecule has 0 bridgehead atoms. The standard InChI is InChI=1S/C15H27N3O/c16-14(17)6-10-18(12-3-4-12)11-13-5-9-15(19-13)7-1-2-8-15/h12-13H,1-11H2,(H3,16,17). The van der Waals surface area contributed by atoms with Crippen LogP contribution in [0.4, 0.5) is 0 Å². The van der Waals surface area contributed by atoms with Crippen LogP contribution in [0.2, 0.25) is 0 Å². The largest absolute Gasteiger partial charge is 0.388 e. The van der Waals surface area contributed by atoms with Gasteiger partial charge in [-0.2, -0.15) is 0 Å². The summed E-state index contributed by atoms with van der Waals surface area (Å²) >= 11 is 0. The van der Waals surface area contributed by atoms with Gasteiger partial charge in [0.25, 0.3) is 0 Å². The predicted molar refractivity (Wildman–Crippen MR) is 76.4 cm³/mol. The van der Waals surface area contributed by atoms with E-state index in [0.29, 0.717) is 18.4 Å². The molecule has 1 spiro atoms. The Morgan fingerprint density at radius 2 is 1.95 bits per heavy atom. The van der Waals surface area contributed by atoms with E-state index in [1.165, 1.54) is 51.4 Å². The lowest BCUT2D eigenvalue weighted by Gasteiger charge is -2.28. The number of hydrogen-bond acceptors (Lipinski definition) is 3. The van der Waals surface area contributed by atoms with E-state index < -0.39 is 0 Å². The fraction of sp³-hybridized carbons (Fsp3) is 0.933. The first-order chi connectivity index (χ1) is 9.17. The highest BCUT2D eigenvalue weighted by molar-refractivity contribution is 5.76. The Morgan fingerprint density at radius 3 is 2.58 bits per heavy atom. The Kier molecular flexibility index (Phi) is 3.81. The molecule has 0 aromatic carbocycles. The summed E-state index contributed by atoms with van der Waals surface area (Å²) in [6.45, 7) is 1.99. The highest BCUT2D eigenvalue weighted by Crippen LogP contribution is 2.43. The second-order valence-electron chi connectivity index (χ2n) is 6.67. The Hall–Kier alpha value is -0.610. The van der Waals surface area contributed by atoms with Gasteiger partial charge >= 0.3 is 0 Å². The molecule has 0 radical (unpaired) electrons. The normalized spacial score (nSPS) is 29.4. The molecule has 3 rings (SSSR count). The molecule has 0 amide bonds. The Morgan fingerprint density at radius 1 is 1.21 bits per heavy atom. The van der Waals surface area contributed by atoms with Crippen molar-refractivity contribution in [1.29, 1.82) is 5.41 Å². The molecule has 1 heterocycles. The summed E-state index contributed by atoms with van der Waals surface area (Å²) in [4.78, 5) is 2.51. The third-order valence-corrected chi connectivity index (χ3v) is 5.02. The maximum absolute atomic E-state index is 7.38. The first-order valence-corrected chi connectivity index (χ1v) is 7.92. The van der Waals surface area contributed by atoms with Crippen LogP contribution in [0.15, 0.2) is 0 Å². The van der Waals surface area contributed by atoms with Gasteiger partial charge in [-0.1, -0.05) is 12.8 Å². The monoisotopic (exact) mass is 265 g/mol. The quantitative estimate of drug-likeness (QED) is 0.572. The van der Waals surface area contributed by atoms with Crippen LogP contribution in [-0.4, -0.2) is 41.6 Å². The van der Waals surface area contributed by atoms with Gasteiger partial charge in [-0.3, -0.25) is 10.3 Å². The molecule has 1 saturated heterocycles. The van der Waals surface area contributed by atoms with Crippen molar-refractivity contribution in [2.75, 3.05) is 13.1 Å². The zero-order valence-corrected chi connectivity index (χ0v) is 11.9. The minimum absolute atomic E-state index is 0.250. The molecule has 0 aromatic heterocycles. The molecule has 3 aliphatic rings. The molecule has 4 heteroatoms. The lowest BCUT2D eigenvalue weighted by Crippen LogP contribution is -2.37. The maximum Gasteiger partial charge on any atom is 0.0918 e. The molecule has 1 unspecified atom stereocenters. The Labute approximate surface area is 116 Å². The van der Waals surface area contributed by atoms with Gasteiger partial charge in [0.2, 0.25) is 0 Å². The number of nitrogens with zero attached hydrogens (tertiary/aromatic N) is 1. The summed E-state index contributed by atoms with van der Waals surface area (Å²) in [7, 11) is 0. The summed E-state index contributed by atoms with van der Waals surface area (Å²) in [6.07, 6.45) is 11.5. The number of hydrogen-bond donors (Lipinski definition) is 2. The van der Waals surface area contributed by atoms with E-state index in [1.54, 1.807) is 0 Å². The molecular formula is C15H27N3O. The molecule has 0 aromatic rings. The second-order valence-corrected chi connectivity index (χ2v) is 6.67. The zero-order valence-electron chi connectivity index (χ0n) is 11.9. The molecule has 4 nitrogen and oxygen atoms in total. The van der Waals surface area contributed by atoms with Gasteiger partial charge in [0, 0.05) is 25.6 Å². The third kappa shape index (κ3) is 3.29. The van der Waals surface area contributed by atoms with Gasteiger partial charge in [0.1, 0.15) is 0 Å². The first-order valence-electron chi connectivity index (χ1n) is 7.92. The van der Waals surface area contributed by atoms with Crippen LogP contribution in [0.5, 0.6) is 0 Å². The summed E-state index contributed by atoms with van der Waals surface area (Å²) in [6, 6.07) is 0.739. The van der Waals surface area contributed by atoms with E-state index in [0.717, 1.165) is 19.1 Å². The number of ether oxygens (including phenoxy) is 1. The van der Waals surface area contributed by atoms with Crippen molar-refractivity contribution in [3.63, 3.8) is 0 Å². The average molecular weight is 265 g/mol. The van der Waals surface area contributed by atoms with Gasteiger partial charge in [0.15, 0.2) is 0 Å². The van der Waals surface area contributed by atoms with Crippen LogP contribution in [0.25, 0.3) is 0 Å². The van der Waals surface area contributed by atoms with Gasteiger partial charge in [-0.05, 0) is 38.5 Å². The fourth-order valence-electron chi connectivity index (χ4n) is 3.80. The fourth-order valence-corrected chi connectivity index (χ4v) is 3.80. The smallest absolute Gasteiger partial charge is 0.0918 e. The third-order valence-electron chi connectivity index (χ3n) is 5.02. The molecular weight excluding hydrogens is 238 g/mol. The topological polar surface area (TPSA) is 62.3 Å². The minimum atomic E-state index is 0.250. The predicted octanol–water partition coefficient (Wildman–Crippen LogP) is 2.27. The van der Waals surface area contributed by atoms with E-state index in [9.17, 15) is 0 Å². The molecule has 3 N–H and O–H groups in total. The van der Waals surface area contributed by atoms with Crippen LogP contribution < -0.4 is 5.73 Å². The molecule has 1 atom stereocenters. The van der Waals surface area contributed by atoms with E-state index in [4.69, 9.17) is 15.9 Å². The summed E-state index contributed by atoms with van der Waals surface area (Å²) in [5.74, 6) is 0.310. The van der Waals surface area contributed by atoms with Crippen LogP contribution in [-0.2, 0) is 4.74 Å². The van der Waals surface area contributed by atoms with Crippen molar-refractivity contribution in [2.24, 2.45) is 5.73 Å². The van der Waals surface area contributed by atoms with Gasteiger partial charge < -0.3 is 10.5 Å². The average Bonchev–Trinajstić information content (AvgIpc) is 3.01. The highest BCUT2D eigenvalue weighted by Gasteiger charge is 2.43. The summed E-state index contributed by atoms with van der Waals surface area (Å²) < 4.78 is 6.40. The van der Waals surface area contributed by atoms with Gasteiger partial charge in [0.05, 0.1) is 17.5 Å². The van der Waals surface area contributed by atoms with Gasteiger partial charge in [-0.15, -0.1) is 0 Å². The van der Waals surface area contributed by atoms with Gasteiger partial charge in [-0.25, -0.2) is 0 Å². The lowest BCUT2D eigenvalue weighted by atomic mass is 9.98. The molecule has 108 valence electrons. The van der Waals surface area contributed by atoms with Crippen molar-refractivity contribution in [3.05, 3.63) is 0 Å². The number of rotatable bonds is 6. The lowest BCUT2D eigenvalue weighted by molar-refractivity contribution is -0.0478. The van der Waals surface area contributed by atoms with Crippen molar-refractivity contribution in [2.45, 2.75) is 75.5 Å². The van der Waals surface area contributed by atoms with E-state index in [2.05, 4.69) is 4.90 Å². The minimum Gasteiger partial charge on any atom is -0.388 e. The molecule has 19 heavy (non-hydrogen) atoms. The van der Waals surface area contributed by atoms with Crippen molar-refractivity contribution in [3.8, 4) is 0 Å². The Bertz CT molecular complexity index is 334. The van der Waals surface area contributed by atoms with E-state index in [1.807, 2.05) is 0 Å². The highest BCUT2D eigenvalue weighted by atomic mass is 16.5. The van der Waals surface area contributed by atoms with Crippen molar-refractivity contribution < 1.29 is 4.74 Å². The summed E-state index contributed by atoms with van der Waals surface area (Å²) in [5.41, 5.74) is 5.74. The number of nitrogens with two attached hydrogens (primary N) is 1. The van der Waals surface area contributed by atoms with E-state index in [-0.39, 0.29) is 5.60 Å². The molecule has 3 fully saturated rings. The molecule has 1 aliphatic heterocycles.